The molecule has 0 saturated carbocycles. The fourth-order valence-electron chi connectivity index (χ4n) is 2.83. The Bertz CT molecular complexity index is 672. The normalized spacial score (nSPS) is 14.5. The molecule has 1 aliphatic rings. The van der Waals surface area contributed by atoms with E-state index < -0.39 is 0 Å². The van der Waals surface area contributed by atoms with Crippen LogP contribution in [0.15, 0.2) is 30.3 Å². The van der Waals surface area contributed by atoms with Crippen molar-refractivity contribution in [2.24, 2.45) is 0 Å². The molecule has 1 N–H and O–H groups in total. The van der Waals surface area contributed by atoms with E-state index in [0.29, 0.717) is 0 Å². The zero-order valence-corrected chi connectivity index (χ0v) is 14.3. The van der Waals surface area contributed by atoms with Crippen molar-refractivity contribution in [3.05, 3.63) is 41.7 Å². The summed E-state index contributed by atoms with van der Waals surface area (Å²) in [5, 5.41) is 3.40. The molecule has 2 aromatic rings. The topological polar surface area (TPSA) is 59.5 Å². The average molecular weight is 328 g/mol. The van der Waals surface area contributed by atoms with Gasteiger partial charge in [-0.3, -0.25) is 0 Å². The highest BCUT2D eigenvalue weighted by atomic mass is 16.5. The molecule has 1 fully saturated rings. The molecule has 2 heterocycles. The number of benzene rings is 1. The second-order valence-corrected chi connectivity index (χ2v) is 5.75. The summed E-state index contributed by atoms with van der Waals surface area (Å²) in [4.78, 5) is 11.3. The summed E-state index contributed by atoms with van der Waals surface area (Å²) in [5.41, 5.74) is 1.19. The lowest BCUT2D eigenvalue weighted by Crippen LogP contribution is -2.37. The summed E-state index contributed by atoms with van der Waals surface area (Å²) in [7, 11) is 1.70. The number of methoxy groups -OCH3 is 1. The number of ether oxygens (including phenoxy) is 2. The van der Waals surface area contributed by atoms with Gasteiger partial charge in [-0.2, -0.15) is 0 Å². The van der Waals surface area contributed by atoms with E-state index in [0.717, 1.165) is 62.5 Å². The van der Waals surface area contributed by atoms with Gasteiger partial charge < -0.3 is 19.7 Å². The lowest BCUT2D eigenvalue weighted by atomic mass is 10.1. The Kier molecular flexibility index (Phi) is 5.48. The highest BCUT2D eigenvalue weighted by Gasteiger charge is 2.14. The number of nitrogens with zero attached hydrogens (tertiary/aromatic N) is 3. The van der Waals surface area contributed by atoms with Gasteiger partial charge in [-0.25, -0.2) is 9.97 Å². The van der Waals surface area contributed by atoms with E-state index >= 15 is 0 Å². The van der Waals surface area contributed by atoms with E-state index in [9.17, 15) is 0 Å². The van der Waals surface area contributed by atoms with Crippen molar-refractivity contribution >= 4 is 11.6 Å². The molecule has 1 saturated heterocycles. The van der Waals surface area contributed by atoms with Crippen LogP contribution in [0.25, 0.3) is 0 Å². The van der Waals surface area contributed by atoms with E-state index in [1.165, 1.54) is 5.56 Å². The van der Waals surface area contributed by atoms with E-state index in [2.05, 4.69) is 26.3 Å². The predicted molar refractivity (Wildman–Crippen MR) is 95.0 cm³/mol. The van der Waals surface area contributed by atoms with E-state index in [1.54, 1.807) is 7.11 Å². The Hall–Kier alpha value is -2.34. The molecule has 6 nitrogen and oxygen atoms in total. The van der Waals surface area contributed by atoms with Crippen molar-refractivity contribution in [1.29, 1.82) is 0 Å². The number of morpholine rings is 1. The van der Waals surface area contributed by atoms with E-state index in [1.807, 2.05) is 31.2 Å². The fourth-order valence-corrected chi connectivity index (χ4v) is 2.83. The van der Waals surface area contributed by atoms with E-state index in [-0.39, 0.29) is 0 Å². The molecule has 24 heavy (non-hydrogen) atoms. The summed E-state index contributed by atoms with van der Waals surface area (Å²) in [6, 6.07) is 10.1. The van der Waals surface area contributed by atoms with Gasteiger partial charge in [-0.15, -0.1) is 0 Å². The molecule has 0 radical (unpaired) electrons. The first-order chi connectivity index (χ1) is 11.8. The Labute approximate surface area is 142 Å². The van der Waals surface area contributed by atoms with Crippen molar-refractivity contribution in [1.82, 2.24) is 9.97 Å². The van der Waals surface area contributed by atoms with Crippen LogP contribution < -0.4 is 15.0 Å². The highest BCUT2D eigenvalue weighted by Crippen LogP contribution is 2.19. The maximum atomic E-state index is 5.40. The third kappa shape index (κ3) is 4.14. The number of hydrogen-bond acceptors (Lipinski definition) is 6. The molecule has 3 rings (SSSR count). The summed E-state index contributed by atoms with van der Waals surface area (Å²) in [5.74, 6) is 3.52. The predicted octanol–water partition coefficient (Wildman–Crippen LogP) is 2.28. The van der Waals surface area contributed by atoms with Crippen LogP contribution in [0, 0.1) is 6.92 Å². The Morgan fingerprint density at radius 1 is 1.21 bits per heavy atom. The molecule has 1 aromatic carbocycles. The second-order valence-electron chi connectivity index (χ2n) is 5.75. The number of aryl methyl sites for hydroxylation is 1. The van der Waals surface area contributed by atoms with Crippen molar-refractivity contribution in [3.8, 4) is 5.75 Å². The van der Waals surface area contributed by atoms with Crippen molar-refractivity contribution < 1.29 is 9.47 Å². The Morgan fingerprint density at radius 3 is 2.79 bits per heavy atom. The molecule has 0 amide bonds. The first-order valence-corrected chi connectivity index (χ1v) is 8.30. The molecular weight excluding hydrogens is 304 g/mol. The second kappa shape index (κ2) is 7.97. The number of para-hydroxylation sites is 1. The molecule has 1 aromatic heterocycles. The number of nitrogens with one attached hydrogen (secondary N) is 1. The molecule has 0 bridgehead atoms. The smallest absolute Gasteiger partial charge is 0.134 e. The molecule has 128 valence electrons. The van der Waals surface area contributed by atoms with Gasteiger partial charge in [-0.1, -0.05) is 18.2 Å². The lowest BCUT2D eigenvalue weighted by molar-refractivity contribution is 0.122. The minimum Gasteiger partial charge on any atom is -0.496 e. The first kappa shape index (κ1) is 16.5. The van der Waals surface area contributed by atoms with Gasteiger partial charge in [0.05, 0.1) is 20.3 Å². The highest BCUT2D eigenvalue weighted by molar-refractivity contribution is 5.50. The SMILES string of the molecule is COc1ccccc1CCNc1cc(N2CCOCC2)nc(C)n1. The van der Waals surface area contributed by atoms with Crippen LogP contribution in [0.3, 0.4) is 0 Å². The van der Waals surface area contributed by atoms with Gasteiger partial charge >= 0.3 is 0 Å². The van der Waals surface area contributed by atoms with Crippen LogP contribution >= 0.6 is 0 Å². The standard InChI is InChI=1S/C18H24N4O2/c1-14-20-17(13-18(21-14)22-9-11-24-12-10-22)19-8-7-15-5-3-4-6-16(15)23-2/h3-6,13H,7-12H2,1-2H3,(H,19,20,21). The zero-order valence-electron chi connectivity index (χ0n) is 14.3. The van der Waals surface area contributed by atoms with Gasteiger partial charge in [0.25, 0.3) is 0 Å². The summed E-state index contributed by atoms with van der Waals surface area (Å²) < 4.78 is 10.8. The number of hydrogen-bond donors (Lipinski definition) is 1. The molecular formula is C18H24N4O2. The molecule has 0 spiro atoms. The molecule has 0 atom stereocenters. The van der Waals surface area contributed by atoms with Crippen LogP contribution in [-0.4, -0.2) is 49.9 Å². The Balaban J connectivity index is 1.63. The Morgan fingerprint density at radius 2 is 2.00 bits per heavy atom. The van der Waals surface area contributed by atoms with Crippen LogP contribution in [0.1, 0.15) is 11.4 Å². The van der Waals surface area contributed by atoms with Crippen molar-refractivity contribution in [3.63, 3.8) is 0 Å². The molecule has 0 aliphatic carbocycles. The number of rotatable bonds is 6. The van der Waals surface area contributed by atoms with Crippen LogP contribution in [0.4, 0.5) is 11.6 Å². The van der Waals surface area contributed by atoms with E-state index in [4.69, 9.17) is 9.47 Å². The third-order valence-electron chi connectivity index (χ3n) is 4.05. The van der Waals surface area contributed by atoms with Gasteiger partial charge in [0.1, 0.15) is 23.2 Å². The van der Waals surface area contributed by atoms with Gasteiger partial charge in [-0.05, 0) is 25.0 Å². The summed E-state index contributed by atoms with van der Waals surface area (Å²) in [6.07, 6.45) is 0.875. The van der Waals surface area contributed by atoms with Crippen LogP contribution in [0.5, 0.6) is 5.75 Å². The monoisotopic (exact) mass is 328 g/mol. The lowest BCUT2D eigenvalue weighted by Gasteiger charge is -2.28. The minimum atomic E-state index is 0.750. The fraction of sp³-hybridized carbons (Fsp3) is 0.444. The van der Waals surface area contributed by atoms with Crippen LogP contribution in [0.2, 0.25) is 0 Å². The molecule has 0 unspecified atom stereocenters. The molecule has 1 aliphatic heterocycles. The zero-order chi connectivity index (χ0) is 16.8. The number of anilines is 2. The minimum absolute atomic E-state index is 0.750. The maximum Gasteiger partial charge on any atom is 0.134 e. The first-order valence-electron chi connectivity index (χ1n) is 8.30. The van der Waals surface area contributed by atoms with Gasteiger partial charge in [0, 0.05) is 25.7 Å². The average Bonchev–Trinajstić information content (AvgIpc) is 2.62. The third-order valence-corrected chi connectivity index (χ3v) is 4.05. The molecule has 6 heteroatoms. The quantitative estimate of drug-likeness (QED) is 0.878. The van der Waals surface area contributed by atoms with Crippen LogP contribution in [-0.2, 0) is 11.2 Å². The maximum absolute atomic E-state index is 5.40. The summed E-state index contributed by atoms with van der Waals surface area (Å²) >= 11 is 0. The van der Waals surface area contributed by atoms with Crippen molar-refractivity contribution in [2.75, 3.05) is 50.2 Å². The van der Waals surface area contributed by atoms with Gasteiger partial charge in [0.15, 0.2) is 0 Å². The summed E-state index contributed by atoms with van der Waals surface area (Å²) in [6.45, 7) is 5.96. The van der Waals surface area contributed by atoms with Gasteiger partial charge in [0.2, 0.25) is 0 Å². The number of aromatic nitrogens is 2. The largest absolute Gasteiger partial charge is 0.496 e. The van der Waals surface area contributed by atoms with Crippen molar-refractivity contribution in [2.45, 2.75) is 13.3 Å².